The van der Waals surface area contributed by atoms with Crippen molar-refractivity contribution in [2.24, 2.45) is 16.9 Å². The van der Waals surface area contributed by atoms with Gasteiger partial charge in [-0.05, 0) is 30.2 Å². The lowest BCUT2D eigenvalue weighted by Gasteiger charge is -2.31. The second kappa shape index (κ2) is 3.87. The molecule has 82 valence electrons. The number of carbonyl (C=O) groups is 1. The van der Waals surface area contributed by atoms with Crippen LogP contribution < -0.4 is 5.43 Å². The number of allylic oxidation sites excluding steroid dienone is 2. The number of thiophene rings is 1. The maximum absolute atomic E-state index is 11.6. The Balaban J connectivity index is 1.61. The van der Waals surface area contributed by atoms with Crippen LogP contribution in [0.25, 0.3) is 0 Å². The Bertz CT molecular complexity index is 461. The van der Waals surface area contributed by atoms with Gasteiger partial charge in [-0.25, -0.2) is 5.43 Å². The summed E-state index contributed by atoms with van der Waals surface area (Å²) in [6, 6.07) is 3.67. The average Bonchev–Trinajstić information content (AvgIpc) is 2.88. The molecule has 0 aromatic carbocycles. The lowest BCUT2D eigenvalue weighted by atomic mass is 9.74. The van der Waals surface area contributed by atoms with Crippen LogP contribution in [0.3, 0.4) is 0 Å². The van der Waals surface area contributed by atoms with Crippen molar-refractivity contribution in [1.29, 1.82) is 0 Å². The lowest BCUT2D eigenvalue weighted by molar-refractivity contribution is 0.0958. The van der Waals surface area contributed by atoms with Crippen molar-refractivity contribution in [3.8, 4) is 0 Å². The van der Waals surface area contributed by atoms with Crippen LogP contribution in [-0.4, -0.2) is 11.6 Å². The fraction of sp³-hybridized carbons (Fsp3) is 0.333. The van der Waals surface area contributed by atoms with E-state index < -0.39 is 0 Å². The zero-order valence-electron chi connectivity index (χ0n) is 8.72. The summed E-state index contributed by atoms with van der Waals surface area (Å²) in [5.41, 5.74) is 3.77. The molecule has 1 amide bonds. The fourth-order valence-corrected chi connectivity index (χ4v) is 2.86. The molecule has 1 fully saturated rings. The van der Waals surface area contributed by atoms with E-state index in [9.17, 15) is 4.79 Å². The number of nitrogens with zero attached hydrogens (tertiary/aromatic N) is 1. The summed E-state index contributed by atoms with van der Waals surface area (Å²) in [6.07, 6.45) is 6.55. The van der Waals surface area contributed by atoms with E-state index in [0.29, 0.717) is 16.7 Å². The van der Waals surface area contributed by atoms with Crippen LogP contribution in [0, 0.1) is 11.8 Å². The number of rotatable bonds is 2. The molecule has 16 heavy (non-hydrogen) atoms. The third-order valence-corrected chi connectivity index (χ3v) is 4.08. The fourth-order valence-electron chi connectivity index (χ4n) is 2.25. The highest BCUT2D eigenvalue weighted by atomic mass is 32.1. The molecule has 2 atom stereocenters. The van der Waals surface area contributed by atoms with Crippen molar-refractivity contribution in [2.75, 3.05) is 0 Å². The Morgan fingerprint density at radius 1 is 1.56 bits per heavy atom. The van der Waals surface area contributed by atoms with Gasteiger partial charge in [-0.3, -0.25) is 4.79 Å². The highest BCUT2D eigenvalue weighted by Gasteiger charge is 2.37. The largest absolute Gasteiger partial charge is 0.281 e. The summed E-state index contributed by atoms with van der Waals surface area (Å²) in [7, 11) is 0. The van der Waals surface area contributed by atoms with Crippen molar-refractivity contribution in [1.82, 2.24) is 5.43 Å². The highest BCUT2D eigenvalue weighted by molar-refractivity contribution is 7.12. The van der Waals surface area contributed by atoms with Crippen LogP contribution in [0.5, 0.6) is 0 Å². The molecule has 0 saturated heterocycles. The zero-order valence-corrected chi connectivity index (χ0v) is 9.54. The minimum atomic E-state index is -0.100. The second-order valence-electron chi connectivity index (χ2n) is 4.16. The monoisotopic (exact) mass is 232 g/mol. The zero-order chi connectivity index (χ0) is 11.0. The third kappa shape index (κ3) is 1.59. The van der Waals surface area contributed by atoms with Gasteiger partial charge >= 0.3 is 0 Å². The molecule has 0 bridgehead atoms. The molecule has 2 aliphatic carbocycles. The first-order valence-corrected chi connectivity index (χ1v) is 6.29. The number of hydrogen-bond acceptors (Lipinski definition) is 3. The van der Waals surface area contributed by atoms with Crippen molar-refractivity contribution in [3.63, 3.8) is 0 Å². The molecule has 1 saturated carbocycles. The first kappa shape index (κ1) is 9.78. The molecule has 2 aliphatic rings. The van der Waals surface area contributed by atoms with E-state index in [1.165, 1.54) is 11.3 Å². The smallest absolute Gasteiger partial charge is 0.266 e. The quantitative estimate of drug-likeness (QED) is 0.617. The number of nitrogens with one attached hydrogen (secondary N) is 1. The summed E-state index contributed by atoms with van der Waals surface area (Å²) in [5, 5.41) is 6.10. The van der Waals surface area contributed by atoms with Gasteiger partial charge in [0, 0.05) is 11.6 Å². The van der Waals surface area contributed by atoms with E-state index >= 15 is 0 Å². The van der Waals surface area contributed by atoms with E-state index in [0.717, 1.165) is 18.6 Å². The predicted octanol–water partition coefficient (Wildman–Crippen LogP) is 2.43. The Hall–Kier alpha value is -1.42. The van der Waals surface area contributed by atoms with Crippen LogP contribution in [0.2, 0.25) is 0 Å². The molecule has 0 radical (unpaired) electrons. The first-order valence-electron chi connectivity index (χ1n) is 5.41. The summed E-state index contributed by atoms with van der Waals surface area (Å²) >= 11 is 1.43. The SMILES string of the molecule is O=C(N/N=C1\C[C@@H]2C=CC[C@H]12)c1cccs1. The van der Waals surface area contributed by atoms with Crippen molar-refractivity contribution >= 4 is 23.0 Å². The maximum atomic E-state index is 11.6. The second-order valence-corrected chi connectivity index (χ2v) is 5.11. The standard InChI is InChI=1S/C12H12N2OS/c15-12(11-5-2-6-16-11)14-13-10-7-8-3-1-4-9(8)10/h1-3,5-6,8-9H,4,7H2,(H,14,15)/b13-10+/t8-,9-/m0/s1. The molecular weight excluding hydrogens is 220 g/mol. The van der Waals surface area contributed by atoms with Crippen molar-refractivity contribution in [2.45, 2.75) is 12.8 Å². The van der Waals surface area contributed by atoms with Crippen LogP contribution in [0.15, 0.2) is 34.8 Å². The van der Waals surface area contributed by atoms with Gasteiger partial charge in [-0.15, -0.1) is 11.3 Å². The van der Waals surface area contributed by atoms with Gasteiger partial charge in [0.15, 0.2) is 0 Å². The third-order valence-electron chi connectivity index (χ3n) is 3.21. The molecule has 4 heteroatoms. The minimum Gasteiger partial charge on any atom is -0.266 e. The van der Waals surface area contributed by atoms with Gasteiger partial charge in [0.25, 0.3) is 5.91 Å². The normalized spacial score (nSPS) is 28.9. The van der Waals surface area contributed by atoms with Crippen LogP contribution in [0.4, 0.5) is 0 Å². The van der Waals surface area contributed by atoms with E-state index in [1.54, 1.807) is 6.07 Å². The number of fused-ring (bicyclic) bond motifs is 1. The molecule has 3 nitrogen and oxygen atoms in total. The van der Waals surface area contributed by atoms with E-state index in [2.05, 4.69) is 22.7 Å². The number of hydrogen-bond donors (Lipinski definition) is 1. The Morgan fingerprint density at radius 2 is 2.50 bits per heavy atom. The summed E-state index contributed by atoms with van der Waals surface area (Å²) < 4.78 is 0. The molecule has 1 N–H and O–H groups in total. The molecule has 0 spiro atoms. The van der Waals surface area contributed by atoms with Crippen molar-refractivity contribution in [3.05, 3.63) is 34.5 Å². The Morgan fingerprint density at radius 3 is 3.25 bits per heavy atom. The molecule has 0 aliphatic heterocycles. The molecule has 0 unspecified atom stereocenters. The lowest BCUT2D eigenvalue weighted by Crippen LogP contribution is -2.35. The maximum Gasteiger partial charge on any atom is 0.281 e. The predicted molar refractivity (Wildman–Crippen MR) is 64.6 cm³/mol. The van der Waals surface area contributed by atoms with Crippen molar-refractivity contribution < 1.29 is 4.79 Å². The molecule has 1 aromatic rings. The van der Waals surface area contributed by atoms with E-state index in [1.807, 2.05) is 11.4 Å². The molecule has 3 rings (SSSR count). The van der Waals surface area contributed by atoms with Crippen LogP contribution in [0.1, 0.15) is 22.5 Å². The minimum absolute atomic E-state index is 0.100. The van der Waals surface area contributed by atoms with Gasteiger partial charge in [-0.2, -0.15) is 5.10 Å². The Labute approximate surface area is 97.9 Å². The molecule has 1 aromatic heterocycles. The topological polar surface area (TPSA) is 41.5 Å². The van der Waals surface area contributed by atoms with E-state index in [4.69, 9.17) is 0 Å². The Kier molecular flexibility index (Phi) is 2.36. The summed E-state index contributed by atoms with van der Waals surface area (Å²) in [6.45, 7) is 0. The van der Waals surface area contributed by atoms with Gasteiger partial charge in [0.2, 0.25) is 0 Å². The first-order chi connectivity index (χ1) is 7.84. The summed E-state index contributed by atoms with van der Waals surface area (Å²) in [5.74, 6) is 1.14. The van der Waals surface area contributed by atoms with Gasteiger partial charge in [0.05, 0.1) is 4.88 Å². The highest BCUT2D eigenvalue weighted by Crippen LogP contribution is 2.40. The number of carbonyl (C=O) groups excluding carboxylic acids is 1. The molecule has 1 heterocycles. The number of hydrazone groups is 1. The van der Waals surface area contributed by atoms with Gasteiger partial charge in [0.1, 0.15) is 0 Å². The van der Waals surface area contributed by atoms with Crippen LogP contribution in [-0.2, 0) is 0 Å². The van der Waals surface area contributed by atoms with Gasteiger partial charge in [-0.1, -0.05) is 18.2 Å². The van der Waals surface area contributed by atoms with Gasteiger partial charge < -0.3 is 0 Å². The van der Waals surface area contributed by atoms with E-state index in [-0.39, 0.29) is 5.91 Å². The summed E-state index contributed by atoms with van der Waals surface area (Å²) in [4.78, 5) is 12.3. The average molecular weight is 232 g/mol. The van der Waals surface area contributed by atoms with Crippen LogP contribution >= 0.6 is 11.3 Å². The molecular formula is C12H12N2OS. The number of amides is 1.